The Bertz CT molecular complexity index is 2370. The van der Waals surface area contributed by atoms with Gasteiger partial charge in [0.25, 0.3) is 11.8 Å². The number of hydrogen-bond donors (Lipinski definition) is 4. The smallest absolute Gasteiger partial charge is 0.327 e. The number of nitrogens with one attached hydrogen (secondary N) is 3. The Labute approximate surface area is 363 Å². The normalized spacial score (nSPS) is 17.4. The number of carboxylic acids is 1. The van der Waals surface area contributed by atoms with E-state index in [1.165, 1.54) is 65.2 Å². The molecule has 2 saturated heterocycles. The van der Waals surface area contributed by atoms with Gasteiger partial charge in [-0.3, -0.25) is 43.2 Å². The molecule has 4 atom stereocenters. The molecule has 3 aromatic rings. The molecular formula is C42H43N5O15S. The number of amides is 5. The highest BCUT2D eigenvalue weighted by Crippen LogP contribution is 2.51. The van der Waals surface area contributed by atoms with Crippen LogP contribution in [0.15, 0.2) is 66.7 Å². The van der Waals surface area contributed by atoms with Crippen molar-refractivity contribution >= 4 is 71.1 Å². The molecule has 2 aliphatic heterocycles. The number of β-lactam (4-membered cyclic amide) rings is 1. The van der Waals surface area contributed by atoms with Crippen LogP contribution in [0.1, 0.15) is 73.9 Å². The summed E-state index contributed by atoms with van der Waals surface area (Å²) in [5.41, 5.74) is -0.282. The van der Waals surface area contributed by atoms with Crippen LogP contribution in [-0.2, 0) is 38.4 Å². The van der Waals surface area contributed by atoms with Crippen molar-refractivity contribution in [3.8, 4) is 23.0 Å². The molecule has 1 unspecified atom stereocenters. The third kappa shape index (κ3) is 11.0. The summed E-state index contributed by atoms with van der Waals surface area (Å²) < 4.78 is 19.9. The van der Waals surface area contributed by atoms with Crippen LogP contribution >= 0.6 is 11.8 Å². The number of carbonyl (C=O) groups is 10. The second-order valence-corrected chi connectivity index (χ2v) is 16.4. The third-order valence-electron chi connectivity index (χ3n) is 9.39. The Morgan fingerprint density at radius 3 is 1.84 bits per heavy atom. The van der Waals surface area contributed by atoms with Crippen LogP contribution in [0.3, 0.4) is 0 Å². The lowest BCUT2D eigenvalue weighted by Gasteiger charge is -2.44. The number of hydrogen-bond acceptors (Lipinski definition) is 15. The molecule has 21 heteroatoms. The highest BCUT2D eigenvalue weighted by atomic mass is 32.2. The molecule has 0 saturated carbocycles. The first kappa shape index (κ1) is 46.8. The molecule has 5 rings (SSSR count). The van der Waals surface area contributed by atoms with Crippen molar-refractivity contribution in [2.75, 3.05) is 19.6 Å². The quantitative estimate of drug-likeness (QED) is 0.0906. The van der Waals surface area contributed by atoms with Crippen molar-refractivity contribution in [1.29, 1.82) is 0 Å². The number of rotatable bonds is 16. The summed E-state index contributed by atoms with van der Waals surface area (Å²) in [6, 6.07) is 12.0. The molecule has 332 valence electrons. The largest absolute Gasteiger partial charge is 0.480 e. The maximum Gasteiger partial charge on any atom is 0.327 e. The fourth-order valence-corrected chi connectivity index (χ4v) is 8.50. The Kier molecular flexibility index (Phi) is 14.6. The number of carboxylic acid groups (broad SMARTS) is 1. The monoisotopic (exact) mass is 889 g/mol. The van der Waals surface area contributed by atoms with Gasteiger partial charge in [-0.1, -0.05) is 42.5 Å². The summed E-state index contributed by atoms with van der Waals surface area (Å²) >= 11 is 1.21. The molecule has 0 radical (unpaired) electrons. The molecule has 2 aliphatic rings. The van der Waals surface area contributed by atoms with E-state index in [4.69, 9.17) is 18.9 Å². The van der Waals surface area contributed by atoms with E-state index < -0.39 is 106 Å². The van der Waals surface area contributed by atoms with Gasteiger partial charge in [-0.15, -0.1) is 11.8 Å². The summed E-state index contributed by atoms with van der Waals surface area (Å²) in [6.45, 7) is 6.04. The number of fused-ring (bicyclic) bond motifs is 1. The van der Waals surface area contributed by atoms with Gasteiger partial charge in [0.2, 0.25) is 17.7 Å². The van der Waals surface area contributed by atoms with Gasteiger partial charge in [-0.05, 0) is 43.7 Å². The zero-order valence-corrected chi connectivity index (χ0v) is 35.6. The zero-order chi connectivity index (χ0) is 46.3. The highest BCUT2D eigenvalue weighted by Gasteiger charge is 2.64. The van der Waals surface area contributed by atoms with Gasteiger partial charge < -0.3 is 49.8 Å². The molecule has 0 bridgehead atoms. The van der Waals surface area contributed by atoms with Crippen molar-refractivity contribution in [2.24, 2.45) is 0 Å². The van der Waals surface area contributed by atoms with E-state index in [0.717, 1.165) is 32.6 Å². The van der Waals surface area contributed by atoms with Crippen molar-refractivity contribution in [3.05, 3.63) is 83.4 Å². The molecule has 0 aliphatic carbocycles. The Morgan fingerprint density at radius 1 is 0.762 bits per heavy atom. The van der Waals surface area contributed by atoms with Crippen LogP contribution in [-0.4, -0.2) is 116 Å². The molecule has 0 aromatic heterocycles. The Morgan fingerprint density at radius 2 is 1.30 bits per heavy atom. The van der Waals surface area contributed by atoms with E-state index in [2.05, 4.69) is 16.0 Å². The average Bonchev–Trinajstić information content (AvgIpc) is 3.46. The van der Waals surface area contributed by atoms with Crippen LogP contribution in [0.25, 0.3) is 0 Å². The lowest BCUT2D eigenvalue weighted by molar-refractivity contribution is -0.161. The van der Waals surface area contributed by atoms with E-state index in [1.54, 1.807) is 32.0 Å². The molecule has 0 spiro atoms. The summed E-state index contributed by atoms with van der Waals surface area (Å²) in [5.74, 6) is -9.99. The standard InChI is InChI=1S/C42H43N5O15S/c1-21(48)59-28-16-10-14-26(33(28)61-23(3)50)36(53)43-18-19-46(38(55)27-15-11-17-29(60-22(2)49)34(27)62-24(4)51)20-30(52)44-31(25-12-8-7-9-13-25)37(54)45-32-39(56)47-35(41(57)58)42(5,6)63-40(32)47/h7-17,31-32,35,40H,18-20H2,1-6H3,(H,43,53)(H,44,52)(H,45,54)(H,57,58)/t31?,32-,35+,40-/m1/s1. The Balaban J connectivity index is 1.43. The molecule has 63 heavy (non-hydrogen) atoms. The number of nitrogens with zero attached hydrogens (tertiary/aromatic N) is 2. The number of ether oxygens (including phenoxy) is 4. The molecule has 5 amide bonds. The first-order chi connectivity index (χ1) is 29.7. The van der Waals surface area contributed by atoms with Crippen molar-refractivity contribution < 1.29 is 72.0 Å². The second kappa shape index (κ2) is 19.6. The second-order valence-electron chi connectivity index (χ2n) is 14.6. The van der Waals surface area contributed by atoms with Crippen LogP contribution < -0.4 is 34.9 Å². The first-order valence-corrected chi connectivity index (χ1v) is 20.0. The van der Waals surface area contributed by atoms with E-state index in [0.29, 0.717) is 0 Å². The molecule has 4 N–H and O–H groups in total. The van der Waals surface area contributed by atoms with Crippen molar-refractivity contribution in [1.82, 2.24) is 25.8 Å². The van der Waals surface area contributed by atoms with Gasteiger partial charge >= 0.3 is 29.8 Å². The van der Waals surface area contributed by atoms with E-state index in [1.807, 2.05) is 0 Å². The van der Waals surface area contributed by atoms with Gasteiger partial charge in [0, 0.05) is 45.5 Å². The lowest BCUT2D eigenvalue weighted by atomic mass is 9.95. The first-order valence-electron chi connectivity index (χ1n) is 19.1. The van der Waals surface area contributed by atoms with E-state index in [9.17, 15) is 53.1 Å². The molecule has 20 nitrogen and oxygen atoms in total. The van der Waals surface area contributed by atoms with Crippen molar-refractivity contribution in [3.63, 3.8) is 0 Å². The van der Waals surface area contributed by atoms with Crippen LogP contribution in [0.5, 0.6) is 23.0 Å². The predicted octanol–water partition coefficient (Wildman–Crippen LogP) is 1.75. The number of para-hydroxylation sites is 2. The SMILES string of the molecule is CC(=O)Oc1cccc(C(=O)NCCN(CC(=O)NC(C(=O)N[C@@H]2C(=O)N3[C@@H]2SC(C)(C)[C@@H]3C(=O)O)c2ccccc2)C(=O)c2cccc(OC(C)=O)c2OC(C)=O)c1OC(C)=O. The molecular weight excluding hydrogens is 847 g/mol. The van der Waals surface area contributed by atoms with Crippen LogP contribution in [0, 0.1) is 0 Å². The maximum atomic E-state index is 14.4. The minimum absolute atomic E-state index is 0.226. The predicted molar refractivity (Wildman–Crippen MR) is 219 cm³/mol. The van der Waals surface area contributed by atoms with Gasteiger partial charge in [-0.2, -0.15) is 0 Å². The number of benzene rings is 3. The fourth-order valence-electron chi connectivity index (χ4n) is 6.88. The average molecular weight is 890 g/mol. The van der Waals surface area contributed by atoms with Crippen LogP contribution in [0.2, 0.25) is 0 Å². The zero-order valence-electron chi connectivity index (χ0n) is 34.7. The number of carbonyl (C=O) groups excluding carboxylic acids is 9. The summed E-state index contributed by atoms with van der Waals surface area (Å²) in [7, 11) is 0. The number of aliphatic carboxylic acids is 1. The highest BCUT2D eigenvalue weighted by molar-refractivity contribution is 8.01. The summed E-state index contributed by atoms with van der Waals surface area (Å²) in [5, 5.41) is 16.9. The van der Waals surface area contributed by atoms with Gasteiger partial charge in [0.1, 0.15) is 23.5 Å². The van der Waals surface area contributed by atoms with E-state index >= 15 is 0 Å². The Hall–Kier alpha value is -7.29. The maximum absolute atomic E-state index is 14.4. The molecule has 3 aromatic carbocycles. The minimum atomic E-state index is -1.44. The van der Waals surface area contributed by atoms with Gasteiger partial charge in [-0.25, -0.2) is 4.79 Å². The number of thioether (sulfide) groups is 1. The summed E-state index contributed by atoms with van der Waals surface area (Å²) in [6.07, 6.45) is 0. The van der Waals surface area contributed by atoms with E-state index in [-0.39, 0.29) is 40.5 Å². The summed E-state index contributed by atoms with van der Waals surface area (Å²) in [4.78, 5) is 131. The van der Waals surface area contributed by atoms with Gasteiger partial charge in [0.05, 0.1) is 17.7 Å². The van der Waals surface area contributed by atoms with Crippen molar-refractivity contribution in [2.45, 2.75) is 69.8 Å². The molecule has 2 fully saturated rings. The molecule has 2 heterocycles. The minimum Gasteiger partial charge on any atom is -0.480 e. The topological polar surface area (TPSA) is 270 Å². The third-order valence-corrected chi connectivity index (χ3v) is 11.0. The fraction of sp³-hybridized carbons (Fsp3) is 0.333. The van der Waals surface area contributed by atoms with Crippen LogP contribution in [0.4, 0.5) is 0 Å². The lowest BCUT2D eigenvalue weighted by Crippen LogP contribution is -2.71. The number of esters is 4. The van der Waals surface area contributed by atoms with Gasteiger partial charge in [0.15, 0.2) is 23.0 Å².